The monoisotopic (exact) mass is 378 g/mol. The minimum Gasteiger partial charge on any atom is -0.480 e. The Morgan fingerprint density at radius 1 is 1.24 bits per heavy atom. The summed E-state index contributed by atoms with van der Waals surface area (Å²) >= 11 is 12.0. The zero-order valence-corrected chi connectivity index (χ0v) is 15.0. The molecule has 1 heterocycles. The van der Waals surface area contributed by atoms with Gasteiger partial charge in [-0.25, -0.2) is 0 Å². The molecule has 5 nitrogen and oxygen atoms in total. The Morgan fingerprint density at radius 2 is 2.00 bits per heavy atom. The van der Waals surface area contributed by atoms with E-state index in [1.54, 1.807) is 49.5 Å². The summed E-state index contributed by atoms with van der Waals surface area (Å²) < 4.78 is 5.66. The van der Waals surface area contributed by atoms with Gasteiger partial charge in [0.05, 0.1) is 17.3 Å². The van der Waals surface area contributed by atoms with Crippen LogP contribution in [0, 0.1) is 0 Å². The molecular weight excluding hydrogens is 363 g/mol. The molecule has 0 bridgehead atoms. The summed E-state index contributed by atoms with van der Waals surface area (Å²) in [6.45, 7) is -0.0962. The van der Waals surface area contributed by atoms with Gasteiger partial charge in [-0.2, -0.15) is 0 Å². The number of para-hydroxylation sites is 1. The molecule has 0 aliphatic carbocycles. The molecule has 1 aliphatic rings. The second-order valence-electron chi connectivity index (χ2n) is 5.78. The molecule has 0 unspecified atom stereocenters. The number of fused-ring (bicyclic) bond motifs is 1. The second kappa shape index (κ2) is 7.33. The van der Waals surface area contributed by atoms with Crippen LogP contribution in [0.15, 0.2) is 42.5 Å². The Labute approximate surface area is 155 Å². The molecule has 1 atom stereocenters. The Morgan fingerprint density at radius 3 is 2.76 bits per heavy atom. The standard InChI is InChI=1S/C18H16Cl2N2O3/c1-22(10-17(23)21-14-5-3-2-4-13(14)20)18(24)16-9-11-8-12(19)6-7-15(11)25-16/h2-8,16H,9-10H2,1H3,(H,21,23)/t16-/m1/s1. The van der Waals surface area contributed by atoms with Crippen molar-refractivity contribution >= 4 is 40.7 Å². The number of anilines is 1. The first-order valence-corrected chi connectivity index (χ1v) is 8.44. The molecule has 2 aromatic rings. The lowest BCUT2D eigenvalue weighted by Crippen LogP contribution is -2.42. The Balaban J connectivity index is 1.58. The lowest BCUT2D eigenvalue weighted by molar-refractivity contribution is -0.139. The average molecular weight is 379 g/mol. The predicted octanol–water partition coefficient (Wildman–Crippen LogP) is 3.39. The molecule has 0 radical (unpaired) electrons. The minimum absolute atomic E-state index is 0.0962. The number of ether oxygens (including phenoxy) is 1. The van der Waals surface area contributed by atoms with E-state index in [1.165, 1.54) is 4.90 Å². The fraction of sp³-hybridized carbons (Fsp3) is 0.222. The first-order chi connectivity index (χ1) is 11.9. The van der Waals surface area contributed by atoms with Crippen LogP contribution in [-0.2, 0) is 16.0 Å². The van der Waals surface area contributed by atoms with Crippen LogP contribution in [0.3, 0.4) is 0 Å². The smallest absolute Gasteiger partial charge is 0.264 e. The molecule has 130 valence electrons. The average Bonchev–Trinajstić information content (AvgIpc) is 2.99. The van der Waals surface area contributed by atoms with Gasteiger partial charge in [-0.1, -0.05) is 35.3 Å². The van der Waals surface area contributed by atoms with E-state index in [1.807, 2.05) is 0 Å². The van der Waals surface area contributed by atoms with Gasteiger partial charge >= 0.3 is 0 Å². The number of likely N-dealkylation sites (N-methyl/N-ethyl adjacent to an activating group) is 1. The first-order valence-electron chi connectivity index (χ1n) is 7.68. The number of rotatable bonds is 4. The maximum Gasteiger partial charge on any atom is 0.264 e. The van der Waals surface area contributed by atoms with Crippen molar-refractivity contribution in [2.45, 2.75) is 12.5 Å². The summed E-state index contributed by atoms with van der Waals surface area (Å²) in [5.74, 6) is 0.0563. The summed E-state index contributed by atoms with van der Waals surface area (Å²) in [6.07, 6.45) is -0.211. The molecule has 0 fully saturated rings. The van der Waals surface area contributed by atoms with Crippen LogP contribution in [0.4, 0.5) is 5.69 Å². The zero-order chi connectivity index (χ0) is 18.0. The lowest BCUT2D eigenvalue weighted by Gasteiger charge is -2.20. The number of carbonyl (C=O) groups excluding carboxylic acids is 2. The van der Waals surface area contributed by atoms with Gasteiger partial charge in [0.15, 0.2) is 6.10 Å². The van der Waals surface area contributed by atoms with E-state index in [-0.39, 0.29) is 18.4 Å². The van der Waals surface area contributed by atoms with Gasteiger partial charge in [0, 0.05) is 18.5 Å². The van der Waals surface area contributed by atoms with Crippen molar-refractivity contribution < 1.29 is 14.3 Å². The van der Waals surface area contributed by atoms with Gasteiger partial charge in [0.1, 0.15) is 5.75 Å². The molecule has 2 aromatic carbocycles. The predicted molar refractivity (Wildman–Crippen MR) is 97.3 cm³/mol. The number of carbonyl (C=O) groups is 2. The number of halogens is 2. The number of amides is 2. The third kappa shape index (κ3) is 4.06. The van der Waals surface area contributed by atoms with Gasteiger partial charge in [0.25, 0.3) is 5.91 Å². The van der Waals surface area contributed by atoms with Crippen LogP contribution in [0.2, 0.25) is 10.0 Å². The molecule has 7 heteroatoms. The zero-order valence-electron chi connectivity index (χ0n) is 13.5. The fourth-order valence-electron chi connectivity index (χ4n) is 2.65. The number of hydrogen-bond donors (Lipinski definition) is 1. The summed E-state index contributed by atoms with van der Waals surface area (Å²) in [6, 6.07) is 12.2. The van der Waals surface area contributed by atoms with Crippen LogP contribution < -0.4 is 10.1 Å². The highest BCUT2D eigenvalue weighted by Gasteiger charge is 2.31. The van der Waals surface area contributed by atoms with Crippen molar-refractivity contribution in [3.8, 4) is 5.75 Å². The van der Waals surface area contributed by atoms with Crippen molar-refractivity contribution in [1.29, 1.82) is 0 Å². The normalized spacial score (nSPS) is 15.2. The molecule has 3 rings (SSSR count). The van der Waals surface area contributed by atoms with E-state index in [0.717, 1.165) is 5.56 Å². The van der Waals surface area contributed by atoms with Crippen LogP contribution in [0.5, 0.6) is 5.75 Å². The van der Waals surface area contributed by atoms with Crippen LogP contribution >= 0.6 is 23.2 Å². The van der Waals surface area contributed by atoms with E-state index in [4.69, 9.17) is 27.9 Å². The maximum absolute atomic E-state index is 12.5. The quantitative estimate of drug-likeness (QED) is 0.886. The Hall–Kier alpha value is -2.24. The van der Waals surface area contributed by atoms with Gasteiger partial charge < -0.3 is 15.0 Å². The number of hydrogen-bond acceptors (Lipinski definition) is 3. The Kier molecular flexibility index (Phi) is 5.16. The van der Waals surface area contributed by atoms with E-state index in [2.05, 4.69) is 5.32 Å². The van der Waals surface area contributed by atoms with Crippen molar-refractivity contribution in [3.63, 3.8) is 0 Å². The summed E-state index contributed by atoms with van der Waals surface area (Å²) in [5, 5.41) is 3.73. The molecule has 25 heavy (non-hydrogen) atoms. The van der Waals surface area contributed by atoms with E-state index in [9.17, 15) is 9.59 Å². The molecule has 1 aliphatic heterocycles. The van der Waals surface area contributed by atoms with Crippen LogP contribution in [0.1, 0.15) is 5.56 Å². The highest BCUT2D eigenvalue weighted by atomic mass is 35.5. The summed E-state index contributed by atoms with van der Waals surface area (Å²) in [5.41, 5.74) is 1.40. The Bertz CT molecular complexity index is 826. The third-order valence-corrected chi connectivity index (χ3v) is 4.44. The maximum atomic E-state index is 12.5. The largest absolute Gasteiger partial charge is 0.480 e. The second-order valence-corrected chi connectivity index (χ2v) is 6.63. The summed E-state index contributed by atoms with van der Waals surface area (Å²) in [7, 11) is 1.56. The van der Waals surface area contributed by atoms with Gasteiger partial charge in [-0.15, -0.1) is 0 Å². The highest BCUT2D eigenvalue weighted by Crippen LogP contribution is 2.31. The van der Waals surface area contributed by atoms with Gasteiger partial charge in [-0.05, 0) is 35.9 Å². The number of nitrogens with one attached hydrogen (secondary N) is 1. The third-order valence-electron chi connectivity index (χ3n) is 3.88. The molecule has 0 saturated carbocycles. The van der Waals surface area contributed by atoms with Gasteiger partial charge in [-0.3, -0.25) is 9.59 Å². The molecule has 0 saturated heterocycles. The number of nitrogens with zero attached hydrogens (tertiary/aromatic N) is 1. The molecule has 1 N–H and O–H groups in total. The van der Waals surface area contributed by atoms with Gasteiger partial charge in [0.2, 0.25) is 5.91 Å². The topological polar surface area (TPSA) is 58.6 Å². The van der Waals surface area contributed by atoms with Crippen molar-refractivity contribution in [3.05, 3.63) is 58.1 Å². The summed E-state index contributed by atoms with van der Waals surface area (Å²) in [4.78, 5) is 26.0. The van der Waals surface area contributed by atoms with Crippen molar-refractivity contribution in [1.82, 2.24) is 4.90 Å². The molecule has 0 spiro atoms. The van der Waals surface area contributed by atoms with E-state index < -0.39 is 6.10 Å². The van der Waals surface area contributed by atoms with Crippen molar-refractivity contribution in [2.24, 2.45) is 0 Å². The lowest BCUT2D eigenvalue weighted by atomic mass is 10.1. The minimum atomic E-state index is -0.647. The van der Waals surface area contributed by atoms with E-state index in [0.29, 0.717) is 27.9 Å². The highest BCUT2D eigenvalue weighted by molar-refractivity contribution is 6.33. The first kappa shape index (κ1) is 17.6. The van der Waals surface area contributed by atoms with Crippen molar-refractivity contribution in [2.75, 3.05) is 18.9 Å². The molecular formula is C18H16Cl2N2O3. The van der Waals surface area contributed by atoms with Crippen LogP contribution in [0.25, 0.3) is 0 Å². The SMILES string of the molecule is CN(CC(=O)Nc1ccccc1Cl)C(=O)[C@H]1Cc2cc(Cl)ccc2O1. The fourth-order valence-corrected chi connectivity index (χ4v) is 3.02. The number of benzene rings is 2. The molecule has 0 aromatic heterocycles. The van der Waals surface area contributed by atoms with Crippen LogP contribution in [-0.4, -0.2) is 36.4 Å². The molecule has 2 amide bonds. The van der Waals surface area contributed by atoms with E-state index >= 15 is 0 Å².